The highest BCUT2D eigenvalue weighted by atomic mass is 16.4. The largest absolute Gasteiger partial charge is 0.481 e. The van der Waals surface area contributed by atoms with Gasteiger partial charge in [-0.15, -0.1) is 0 Å². The third-order valence-corrected chi connectivity index (χ3v) is 4.21. The highest BCUT2D eigenvalue weighted by Crippen LogP contribution is 2.15. The summed E-state index contributed by atoms with van der Waals surface area (Å²) in [5.41, 5.74) is 4.34. The van der Waals surface area contributed by atoms with Crippen LogP contribution < -0.4 is 5.32 Å². The fourth-order valence-electron chi connectivity index (χ4n) is 2.99. The van der Waals surface area contributed by atoms with Gasteiger partial charge in [0.05, 0.1) is 6.42 Å². The maximum Gasteiger partial charge on any atom is 0.305 e. The van der Waals surface area contributed by atoms with Crippen LogP contribution in [0.3, 0.4) is 0 Å². The molecule has 0 unspecified atom stereocenters. The lowest BCUT2D eigenvalue weighted by Gasteiger charge is -2.23. The molecule has 2 aromatic carbocycles. The first kappa shape index (κ1) is 19.7. The molecular formula is C22H28N2O2. The van der Waals surface area contributed by atoms with E-state index in [0.717, 1.165) is 24.1 Å². The SMILES string of the molecule is C=C(N[C@H](CC(=O)O)CN(C)C)c1cccc(CCc2ccccc2)c1. The van der Waals surface area contributed by atoms with Gasteiger partial charge in [0.25, 0.3) is 0 Å². The minimum atomic E-state index is -0.811. The van der Waals surface area contributed by atoms with Gasteiger partial charge in [-0.1, -0.05) is 55.1 Å². The lowest BCUT2D eigenvalue weighted by Crippen LogP contribution is -2.38. The van der Waals surface area contributed by atoms with Gasteiger partial charge in [0.1, 0.15) is 0 Å². The van der Waals surface area contributed by atoms with E-state index in [9.17, 15) is 4.79 Å². The lowest BCUT2D eigenvalue weighted by atomic mass is 10.0. The second-order valence-electron chi connectivity index (χ2n) is 6.87. The van der Waals surface area contributed by atoms with Crippen molar-refractivity contribution in [1.82, 2.24) is 10.2 Å². The van der Waals surface area contributed by atoms with Gasteiger partial charge in [-0.2, -0.15) is 0 Å². The van der Waals surface area contributed by atoms with Gasteiger partial charge < -0.3 is 15.3 Å². The predicted octanol–water partition coefficient (Wildman–Crippen LogP) is 3.44. The lowest BCUT2D eigenvalue weighted by molar-refractivity contribution is -0.137. The zero-order valence-corrected chi connectivity index (χ0v) is 15.6. The van der Waals surface area contributed by atoms with E-state index in [2.05, 4.69) is 48.3 Å². The van der Waals surface area contributed by atoms with Crippen molar-refractivity contribution in [3.63, 3.8) is 0 Å². The Hall–Kier alpha value is -2.59. The summed E-state index contributed by atoms with van der Waals surface area (Å²) in [6, 6.07) is 18.5. The number of hydrogen-bond donors (Lipinski definition) is 2. The fourth-order valence-corrected chi connectivity index (χ4v) is 2.99. The van der Waals surface area contributed by atoms with Gasteiger partial charge in [-0.25, -0.2) is 0 Å². The number of hydrogen-bond acceptors (Lipinski definition) is 3. The van der Waals surface area contributed by atoms with Gasteiger partial charge in [0, 0.05) is 18.3 Å². The molecule has 26 heavy (non-hydrogen) atoms. The standard InChI is InChI=1S/C22H28N2O2/c1-17(23-21(15-22(25)26)16-24(2)3)20-11-7-10-19(14-20)13-12-18-8-5-4-6-9-18/h4-11,14,21,23H,1,12-13,15-16H2,2-3H3,(H,25,26)/t21-/m1/s1. The highest BCUT2D eigenvalue weighted by Gasteiger charge is 2.15. The molecule has 2 aromatic rings. The van der Waals surface area contributed by atoms with Crippen molar-refractivity contribution in [3.05, 3.63) is 77.9 Å². The molecule has 4 heteroatoms. The number of benzene rings is 2. The predicted molar refractivity (Wildman–Crippen MR) is 107 cm³/mol. The first-order valence-electron chi connectivity index (χ1n) is 8.89. The van der Waals surface area contributed by atoms with Crippen molar-refractivity contribution in [3.8, 4) is 0 Å². The van der Waals surface area contributed by atoms with Crippen LogP contribution >= 0.6 is 0 Å². The summed E-state index contributed by atoms with van der Waals surface area (Å²) in [6.45, 7) is 4.75. The molecule has 0 fully saturated rings. The average Bonchev–Trinajstić information content (AvgIpc) is 2.60. The van der Waals surface area contributed by atoms with E-state index in [-0.39, 0.29) is 12.5 Å². The smallest absolute Gasteiger partial charge is 0.305 e. The Balaban J connectivity index is 2.00. The van der Waals surface area contributed by atoms with Crippen LogP contribution in [0.25, 0.3) is 5.70 Å². The maximum atomic E-state index is 11.1. The Kier molecular flexibility index (Phi) is 7.42. The highest BCUT2D eigenvalue weighted by molar-refractivity contribution is 5.69. The number of carboxylic acid groups (broad SMARTS) is 1. The number of rotatable bonds is 10. The van der Waals surface area contributed by atoms with E-state index in [0.29, 0.717) is 6.54 Å². The van der Waals surface area contributed by atoms with Gasteiger partial charge >= 0.3 is 5.97 Å². The monoisotopic (exact) mass is 352 g/mol. The number of nitrogens with one attached hydrogen (secondary N) is 1. The minimum absolute atomic E-state index is 0.0604. The van der Waals surface area contributed by atoms with Crippen LogP contribution in [0.15, 0.2) is 61.2 Å². The number of aryl methyl sites for hydroxylation is 2. The van der Waals surface area contributed by atoms with E-state index in [1.54, 1.807) is 0 Å². The van der Waals surface area contributed by atoms with Crippen molar-refractivity contribution in [2.45, 2.75) is 25.3 Å². The third kappa shape index (κ3) is 6.73. The Morgan fingerprint density at radius 3 is 2.38 bits per heavy atom. The molecule has 0 aliphatic carbocycles. The number of nitrogens with zero attached hydrogens (tertiary/aromatic N) is 1. The first-order valence-corrected chi connectivity index (χ1v) is 8.89. The van der Waals surface area contributed by atoms with Crippen molar-refractivity contribution in [2.24, 2.45) is 0 Å². The fraction of sp³-hybridized carbons (Fsp3) is 0.318. The Morgan fingerprint density at radius 1 is 1.08 bits per heavy atom. The summed E-state index contributed by atoms with van der Waals surface area (Å²) in [5.74, 6) is -0.811. The summed E-state index contributed by atoms with van der Waals surface area (Å²) < 4.78 is 0. The molecular weight excluding hydrogens is 324 g/mol. The molecule has 0 heterocycles. The number of aliphatic carboxylic acids is 1. The zero-order valence-electron chi connectivity index (χ0n) is 15.6. The van der Waals surface area contributed by atoms with Crippen LogP contribution in [0, 0.1) is 0 Å². The number of carbonyl (C=O) groups is 1. The summed E-state index contributed by atoms with van der Waals surface area (Å²) in [7, 11) is 3.87. The summed E-state index contributed by atoms with van der Waals surface area (Å²) in [4.78, 5) is 13.1. The summed E-state index contributed by atoms with van der Waals surface area (Å²) >= 11 is 0. The number of carboxylic acids is 1. The normalized spacial score (nSPS) is 12.0. The first-order chi connectivity index (χ1) is 12.4. The van der Waals surface area contributed by atoms with Crippen molar-refractivity contribution in [1.29, 1.82) is 0 Å². The second-order valence-corrected chi connectivity index (χ2v) is 6.87. The molecule has 0 amide bonds. The van der Waals surface area contributed by atoms with Crippen LogP contribution in [0.5, 0.6) is 0 Å². The van der Waals surface area contributed by atoms with E-state index in [1.165, 1.54) is 11.1 Å². The van der Waals surface area contributed by atoms with Crippen LogP contribution in [0.4, 0.5) is 0 Å². The molecule has 0 aliphatic heterocycles. The van der Waals surface area contributed by atoms with Gasteiger partial charge in [-0.05, 0) is 49.7 Å². The average molecular weight is 352 g/mol. The third-order valence-electron chi connectivity index (χ3n) is 4.21. The molecule has 138 valence electrons. The summed E-state index contributed by atoms with van der Waals surface area (Å²) in [6.07, 6.45) is 2.01. The van der Waals surface area contributed by atoms with E-state index in [4.69, 9.17) is 5.11 Å². The minimum Gasteiger partial charge on any atom is -0.481 e. The van der Waals surface area contributed by atoms with Gasteiger partial charge in [-0.3, -0.25) is 4.79 Å². The molecule has 0 saturated carbocycles. The van der Waals surface area contributed by atoms with Crippen molar-refractivity contribution >= 4 is 11.7 Å². The molecule has 0 spiro atoms. The van der Waals surface area contributed by atoms with E-state index in [1.807, 2.05) is 37.2 Å². The molecule has 2 rings (SSSR count). The van der Waals surface area contributed by atoms with E-state index < -0.39 is 5.97 Å². The van der Waals surface area contributed by atoms with Gasteiger partial charge in [0.15, 0.2) is 0 Å². The molecule has 4 nitrogen and oxygen atoms in total. The topological polar surface area (TPSA) is 52.6 Å². The van der Waals surface area contributed by atoms with Gasteiger partial charge in [0.2, 0.25) is 0 Å². The van der Waals surface area contributed by atoms with Crippen LogP contribution in [0.2, 0.25) is 0 Å². The second kappa shape index (κ2) is 9.78. The maximum absolute atomic E-state index is 11.1. The van der Waals surface area contributed by atoms with Crippen molar-refractivity contribution in [2.75, 3.05) is 20.6 Å². The molecule has 0 radical (unpaired) electrons. The number of likely N-dealkylation sites (N-methyl/N-ethyl adjacent to an activating group) is 1. The Morgan fingerprint density at radius 2 is 1.73 bits per heavy atom. The van der Waals surface area contributed by atoms with Crippen LogP contribution in [-0.2, 0) is 17.6 Å². The molecule has 0 saturated heterocycles. The molecule has 0 bridgehead atoms. The molecule has 0 aliphatic rings. The Bertz CT molecular complexity index is 726. The zero-order chi connectivity index (χ0) is 18.9. The van der Waals surface area contributed by atoms with Crippen molar-refractivity contribution < 1.29 is 9.90 Å². The van der Waals surface area contributed by atoms with E-state index >= 15 is 0 Å². The summed E-state index contributed by atoms with van der Waals surface area (Å²) in [5, 5.41) is 12.4. The van der Waals surface area contributed by atoms with Crippen LogP contribution in [-0.4, -0.2) is 42.7 Å². The quantitative estimate of drug-likeness (QED) is 0.688. The van der Waals surface area contributed by atoms with Crippen LogP contribution in [0.1, 0.15) is 23.1 Å². The Labute approximate surface area is 156 Å². The molecule has 0 aromatic heterocycles. The molecule has 2 N–H and O–H groups in total. The molecule has 1 atom stereocenters.